The van der Waals surface area contributed by atoms with E-state index in [9.17, 15) is 18.3 Å². The smallest absolute Gasteiger partial charge is 0.307 e. The maximum absolute atomic E-state index is 11.3. The summed E-state index contributed by atoms with van der Waals surface area (Å²) in [5.74, 6) is -0.415. The van der Waals surface area contributed by atoms with Crippen molar-refractivity contribution < 1.29 is 27.6 Å². The summed E-state index contributed by atoms with van der Waals surface area (Å²) in [5, 5.41) is 10.2. The molecule has 0 aliphatic heterocycles. The number of ether oxygens (including phenoxy) is 1. The minimum Gasteiger partial charge on any atom is -0.506 e. The number of phenols is 1. The molecule has 7 nitrogen and oxygen atoms in total. The number of hydrogen-bond donors (Lipinski definition) is 3. The highest BCUT2D eigenvalue weighted by molar-refractivity contribution is 9.10. The number of halogens is 2. The first-order chi connectivity index (χ1) is 13.0. The molecule has 0 heterocycles. The van der Waals surface area contributed by atoms with Gasteiger partial charge in [0, 0.05) is 16.6 Å². The minimum absolute atomic E-state index is 0.00577. The largest absolute Gasteiger partial charge is 0.506 e. The van der Waals surface area contributed by atoms with Crippen LogP contribution in [0.2, 0.25) is 5.02 Å². The van der Waals surface area contributed by atoms with Crippen molar-refractivity contribution in [1.82, 2.24) is 0 Å². The van der Waals surface area contributed by atoms with Crippen molar-refractivity contribution in [1.29, 1.82) is 0 Å². The van der Waals surface area contributed by atoms with Gasteiger partial charge in [0.2, 0.25) is 0 Å². The normalized spacial score (nSPS) is 11.9. The van der Waals surface area contributed by atoms with E-state index in [1.54, 1.807) is 25.1 Å². The number of carbonyl (C=O) groups excluding carboxylic acids is 1. The Hall–Kier alpha value is -1.65. The number of rotatable bonds is 5. The van der Waals surface area contributed by atoms with Crippen molar-refractivity contribution in [2.75, 3.05) is 6.61 Å². The molecular formula is C18H21BrClNO6S. The molecule has 0 radical (unpaired) electrons. The summed E-state index contributed by atoms with van der Waals surface area (Å²) in [7, 11) is -4.02. The monoisotopic (exact) mass is 493 g/mol. The van der Waals surface area contributed by atoms with Crippen molar-refractivity contribution in [2.45, 2.75) is 31.2 Å². The van der Waals surface area contributed by atoms with Gasteiger partial charge in [-0.15, -0.1) is 0 Å². The van der Waals surface area contributed by atoms with E-state index in [0.717, 1.165) is 5.56 Å². The van der Waals surface area contributed by atoms with Crippen LogP contribution in [0.1, 0.15) is 30.5 Å². The zero-order chi connectivity index (χ0) is 21.5. The summed E-state index contributed by atoms with van der Waals surface area (Å²) in [6, 6.07) is 8.42. The van der Waals surface area contributed by atoms with Gasteiger partial charge in [0.25, 0.3) is 10.1 Å². The minimum atomic E-state index is -4.02. The fourth-order valence-electron chi connectivity index (χ4n) is 2.09. The lowest BCUT2D eigenvalue weighted by atomic mass is 10.0. The number of carbonyl (C=O) groups is 1. The van der Waals surface area contributed by atoms with Crippen molar-refractivity contribution in [3.8, 4) is 5.75 Å². The van der Waals surface area contributed by atoms with Crippen LogP contribution >= 0.6 is 27.5 Å². The molecule has 28 heavy (non-hydrogen) atoms. The van der Waals surface area contributed by atoms with Crippen LogP contribution in [0, 0.1) is 6.92 Å². The highest BCUT2D eigenvalue weighted by Crippen LogP contribution is 2.35. The predicted octanol–water partition coefficient (Wildman–Crippen LogP) is 4.00. The molecule has 154 valence electrons. The molecular weight excluding hydrogens is 474 g/mol. The summed E-state index contributed by atoms with van der Waals surface area (Å²) in [4.78, 5) is 11.2. The van der Waals surface area contributed by atoms with E-state index in [2.05, 4.69) is 15.9 Å². The Morgan fingerprint density at radius 3 is 2.36 bits per heavy atom. The lowest BCUT2D eigenvalue weighted by Gasteiger charge is -2.14. The van der Waals surface area contributed by atoms with E-state index < -0.39 is 22.1 Å². The van der Waals surface area contributed by atoms with Crippen LogP contribution < -0.4 is 5.73 Å². The van der Waals surface area contributed by atoms with E-state index in [-0.39, 0.29) is 17.1 Å². The van der Waals surface area contributed by atoms with Crippen LogP contribution in [0.5, 0.6) is 5.75 Å². The molecule has 2 rings (SSSR count). The molecule has 2 aromatic carbocycles. The van der Waals surface area contributed by atoms with Crippen molar-refractivity contribution >= 4 is 43.6 Å². The maximum Gasteiger partial charge on any atom is 0.307 e. The number of benzene rings is 2. The van der Waals surface area contributed by atoms with Crippen LogP contribution in [0.3, 0.4) is 0 Å². The van der Waals surface area contributed by atoms with Crippen molar-refractivity contribution in [3.63, 3.8) is 0 Å². The Morgan fingerprint density at radius 1 is 1.29 bits per heavy atom. The summed E-state index contributed by atoms with van der Waals surface area (Å²) in [5.41, 5.74) is 7.19. The zero-order valence-corrected chi connectivity index (χ0v) is 18.4. The van der Waals surface area contributed by atoms with Gasteiger partial charge in [-0.2, -0.15) is 8.42 Å². The zero-order valence-electron chi connectivity index (χ0n) is 15.2. The second-order valence-corrected chi connectivity index (χ2v) is 8.44. The third-order valence-electron chi connectivity index (χ3n) is 3.47. The molecule has 0 aliphatic carbocycles. The Bertz CT molecular complexity index is 918. The third-order valence-corrected chi connectivity index (χ3v) is 5.16. The number of aromatic hydroxyl groups is 1. The number of hydrogen-bond acceptors (Lipinski definition) is 6. The molecule has 0 bridgehead atoms. The number of phenolic OH excluding ortho intramolecular Hbond substituents is 1. The number of nitrogens with two attached hydrogens (primary N) is 1. The third kappa shape index (κ3) is 7.76. The Kier molecular flexibility index (Phi) is 9.38. The molecule has 4 N–H and O–H groups in total. The molecule has 0 unspecified atom stereocenters. The molecule has 0 amide bonds. The first kappa shape index (κ1) is 24.4. The maximum atomic E-state index is 11.3. The fraction of sp³-hybridized carbons (Fsp3) is 0.278. The van der Waals surface area contributed by atoms with E-state index in [1.165, 1.54) is 18.2 Å². The molecule has 0 saturated heterocycles. The lowest BCUT2D eigenvalue weighted by molar-refractivity contribution is -0.143. The second-order valence-electron chi connectivity index (χ2n) is 5.73. The van der Waals surface area contributed by atoms with Gasteiger partial charge in [0.05, 0.1) is 22.4 Å². The summed E-state index contributed by atoms with van der Waals surface area (Å²) >= 11 is 9.01. The van der Waals surface area contributed by atoms with E-state index in [1.807, 2.05) is 6.92 Å². The van der Waals surface area contributed by atoms with Gasteiger partial charge in [-0.25, -0.2) is 0 Å². The van der Waals surface area contributed by atoms with E-state index >= 15 is 0 Å². The summed E-state index contributed by atoms with van der Waals surface area (Å²) in [6.07, 6.45) is -0.00577. The molecule has 0 aromatic heterocycles. The Labute approximate surface area is 177 Å². The highest BCUT2D eigenvalue weighted by atomic mass is 79.9. The van der Waals surface area contributed by atoms with E-state index in [0.29, 0.717) is 21.7 Å². The van der Waals surface area contributed by atoms with Gasteiger partial charge in [-0.3, -0.25) is 9.35 Å². The molecule has 0 aliphatic rings. The number of aryl methyl sites for hydroxylation is 1. The lowest BCUT2D eigenvalue weighted by Crippen LogP contribution is -2.17. The summed E-state index contributed by atoms with van der Waals surface area (Å²) in [6.45, 7) is 3.86. The van der Waals surface area contributed by atoms with E-state index in [4.69, 9.17) is 26.6 Å². The molecule has 0 fully saturated rings. The van der Waals surface area contributed by atoms with Gasteiger partial charge in [-0.1, -0.05) is 29.3 Å². The topological polar surface area (TPSA) is 127 Å². The van der Waals surface area contributed by atoms with Gasteiger partial charge in [-0.05, 0) is 54.0 Å². The van der Waals surface area contributed by atoms with Crippen LogP contribution in [0.15, 0.2) is 45.8 Å². The average molecular weight is 495 g/mol. The van der Waals surface area contributed by atoms with Crippen LogP contribution in [0.4, 0.5) is 0 Å². The van der Waals surface area contributed by atoms with Gasteiger partial charge >= 0.3 is 5.97 Å². The van der Waals surface area contributed by atoms with Crippen molar-refractivity contribution in [3.05, 3.63) is 57.0 Å². The van der Waals surface area contributed by atoms with Crippen LogP contribution in [0.25, 0.3) is 0 Å². The highest BCUT2D eigenvalue weighted by Gasteiger charge is 2.18. The Balaban J connectivity index is 0.000000307. The first-order valence-corrected chi connectivity index (χ1v) is 10.7. The SMILES string of the molecule is CCOC(=O)C[C@H](N)c1cc(Cl)cc(Br)c1O.Cc1ccc(S(=O)(=O)O)cc1. The second kappa shape index (κ2) is 10.8. The molecule has 0 spiro atoms. The first-order valence-electron chi connectivity index (χ1n) is 8.09. The Morgan fingerprint density at radius 2 is 1.86 bits per heavy atom. The fourth-order valence-corrected chi connectivity index (χ4v) is 3.40. The van der Waals surface area contributed by atoms with Gasteiger partial charge in [0.15, 0.2) is 0 Å². The molecule has 1 atom stereocenters. The van der Waals surface area contributed by atoms with Crippen LogP contribution in [-0.4, -0.2) is 30.7 Å². The molecule has 10 heteroatoms. The average Bonchev–Trinajstić information content (AvgIpc) is 2.58. The van der Waals surface area contributed by atoms with Gasteiger partial charge in [0.1, 0.15) is 5.75 Å². The molecule has 0 saturated carbocycles. The van der Waals surface area contributed by atoms with Gasteiger partial charge < -0.3 is 15.6 Å². The number of esters is 1. The molecule has 2 aromatic rings. The summed E-state index contributed by atoms with van der Waals surface area (Å²) < 4.78 is 34.8. The predicted molar refractivity (Wildman–Crippen MR) is 110 cm³/mol. The quantitative estimate of drug-likeness (QED) is 0.423. The standard InChI is InChI=1S/C11H13BrClNO3.C7H8O3S/c1-2-17-10(15)5-9(14)7-3-6(13)4-8(12)11(7)16;1-6-2-4-7(5-3-6)11(8,9)10/h3-4,9,16H,2,5,14H2,1H3;2-5H,1H3,(H,8,9,10)/t9-;/m0./s1. The van der Waals surface area contributed by atoms with Crippen LogP contribution in [-0.2, 0) is 19.6 Å². The van der Waals surface area contributed by atoms with Crippen molar-refractivity contribution in [2.24, 2.45) is 5.73 Å².